The van der Waals surface area contributed by atoms with Crippen LogP contribution >= 0.6 is 0 Å². The van der Waals surface area contributed by atoms with E-state index < -0.39 is 40.5 Å². The van der Waals surface area contributed by atoms with Crippen molar-refractivity contribution in [2.75, 3.05) is 0 Å². The van der Waals surface area contributed by atoms with Gasteiger partial charge >= 0.3 is 11.9 Å². The molecule has 5 N–H and O–H groups in total. The summed E-state index contributed by atoms with van der Waals surface area (Å²) in [7, 11) is 0. The molecule has 0 aliphatic rings. The highest BCUT2D eigenvalue weighted by molar-refractivity contribution is 6.02. The number of phenolic OH excluding ortho intramolecular Hbond substituents is 1. The van der Waals surface area contributed by atoms with E-state index in [-0.39, 0.29) is 12.1 Å². The van der Waals surface area contributed by atoms with Crippen molar-refractivity contribution in [3.05, 3.63) is 58.7 Å². The first-order valence-corrected chi connectivity index (χ1v) is 6.70. The number of carboxylic acid groups (broad SMARTS) is 2. The molecule has 0 spiro atoms. The fourth-order valence-corrected chi connectivity index (χ4v) is 2.11. The second kappa shape index (κ2) is 6.69. The molecule has 0 heterocycles. The van der Waals surface area contributed by atoms with Gasteiger partial charge < -0.3 is 25.7 Å². The molecule has 0 atom stereocenters. The van der Waals surface area contributed by atoms with Crippen LogP contribution in [0.25, 0.3) is 0 Å². The minimum Gasteiger partial charge on any atom is -0.508 e. The molecule has 0 saturated carbocycles. The van der Waals surface area contributed by atoms with Gasteiger partial charge in [-0.1, -0.05) is 18.2 Å². The van der Waals surface area contributed by atoms with Crippen molar-refractivity contribution in [1.29, 1.82) is 0 Å². The molecule has 2 rings (SSSR count). The summed E-state index contributed by atoms with van der Waals surface area (Å²) in [6, 6.07) is 7.75. The van der Waals surface area contributed by atoms with Crippen molar-refractivity contribution in [3.8, 4) is 11.5 Å². The summed E-state index contributed by atoms with van der Waals surface area (Å²) in [4.78, 5) is 34.2. The summed E-state index contributed by atoms with van der Waals surface area (Å²) >= 11 is 0. The van der Waals surface area contributed by atoms with Crippen LogP contribution in [0.1, 0.15) is 36.6 Å². The number of hydrogen-bond acceptors (Lipinski definition) is 5. The van der Waals surface area contributed by atoms with E-state index in [4.69, 9.17) is 10.2 Å². The second-order valence-corrected chi connectivity index (χ2v) is 4.84. The number of nitrogens with one attached hydrogen (secondary N) is 1. The number of aromatic hydroxyl groups is 2. The van der Waals surface area contributed by atoms with Crippen molar-refractivity contribution in [2.45, 2.75) is 6.54 Å². The molecular weight excluding hydrogens is 318 g/mol. The first-order chi connectivity index (χ1) is 11.3. The maximum atomic E-state index is 12.1. The molecule has 0 radical (unpaired) electrons. The first kappa shape index (κ1) is 16.8. The highest BCUT2D eigenvalue weighted by Crippen LogP contribution is 2.28. The van der Waals surface area contributed by atoms with E-state index in [1.165, 1.54) is 18.2 Å². The van der Waals surface area contributed by atoms with Gasteiger partial charge in [0.2, 0.25) is 0 Å². The molecule has 0 saturated heterocycles. The summed E-state index contributed by atoms with van der Waals surface area (Å²) in [6.45, 7) is -0.154. The van der Waals surface area contributed by atoms with Crippen LogP contribution < -0.4 is 5.32 Å². The van der Waals surface area contributed by atoms with Gasteiger partial charge in [0, 0.05) is 6.54 Å². The normalized spacial score (nSPS) is 10.2. The van der Waals surface area contributed by atoms with E-state index >= 15 is 0 Å². The van der Waals surface area contributed by atoms with E-state index in [1.807, 2.05) is 0 Å². The molecule has 0 fully saturated rings. The third kappa shape index (κ3) is 3.43. The highest BCUT2D eigenvalue weighted by Gasteiger charge is 2.20. The van der Waals surface area contributed by atoms with Gasteiger partial charge in [0.25, 0.3) is 5.91 Å². The Bertz CT molecular complexity index is 829. The van der Waals surface area contributed by atoms with Crippen LogP contribution in [0.5, 0.6) is 11.5 Å². The third-order valence-electron chi connectivity index (χ3n) is 3.26. The van der Waals surface area contributed by atoms with Crippen LogP contribution in [0.2, 0.25) is 0 Å². The minimum absolute atomic E-state index is 0.00385. The van der Waals surface area contributed by atoms with Gasteiger partial charge in [-0.05, 0) is 23.8 Å². The summed E-state index contributed by atoms with van der Waals surface area (Å²) in [5, 5.41) is 39.7. The van der Waals surface area contributed by atoms with Gasteiger partial charge in [-0.25, -0.2) is 9.59 Å². The number of carbonyl (C=O) groups is 3. The SMILES string of the molecule is O=C(O)c1ccccc1CNC(=O)c1cc(O)cc(C(=O)O)c1O. The van der Waals surface area contributed by atoms with E-state index in [0.29, 0.717) is 5.56 Å². The number of amides is 1. The second-order valence-electron chi connectivity index (χ2n) is 4.84. The first-order valence-electron chi connectivity index (χ1n) is 6.70. The molecule has 2 aromatic rings. The average molecular weight is 331 g/mol. The fraction of sp³-hybridized carbons (Fsp3) is 0.0625. The van der Waals surface area contributed by atoms with Gasteiger partial charge in [-0.2, -0.15) is 0 Å². The van der Waals surface area contributed by atoms with Gasteiger partial charge in [-0.15, -0.1) is 0 Å². The Hall–Kier alpha value is -3.55. The lowest BCUT2D eigenvalue weighted by molar-refractivity contribution is 0.0682. The maximum Gasteiger partial charge on any atom is 0.339 e. The monoisotopic (exact) mass is 331 g/mol. The lowest BCUT2D eigenvalue weighted by atomic mass is 10.1. The number of phenols is 2. The van der Waals surface area contributed by atoms with Crippen molar-refractivity contribution in [3.63, 3.8) is 0 Å². The van der Waals surface area contributed by atoms with Crippen molar-refractivity contribution >= 4 is 17.8 Å². The Morgan fingerprint density at radius 1 is 0.875 bits per heavy atom. The number of aromatic carboxylic acids is 2. The van der Waals surface area contributed by atoms with Crippen LogP contribution in [0.4, 0.5) is 0 Å². The topological polar surface area (TPSA) is 144 Å². The quantitative estimate of drug-likeness (QED) is 0.521. The Morgan fingerprint density at radius 3 is 2.08 bits per heavy atom. The summed E-state index contributed by atoms with van der Waals surface area (Å²) in [5.41, 5.74) is -0.716. The Morgan fingerprint density at radius 2 is 1.46 bits per heavy atom. The Kier molecular flexibility index (Phi) is 4.69. The number of carboxylic acids is 2. The van der Waals surface area contributed by atoms with Crippen molar-refractivity contribution < 1.29 is 34.8 Å². The third-order valence-corrected chi connectivity index (χ3v) is 3.26. The number of benzene rings is 2. The van der Waals surface area contributed by atoms with Crippen LogP contribution in [0.15, 0.2) is 36.4 Å². The molecule has 24 heavy (non-hydrogen) atoms. The minimum atomic E-state index is -1.51. The van der Waals surface area contributed by atoms with E-state index in [1.54, 1.807) is 6.07 Å². The zero-order chi connectivity index (χ0) is 17.9. The molecule has 0 unspecified atom stereocenters. The molecule has 124 valence electrons. The molecule has 0 aromatic heterocycles. The zero-order valence-electron chi connectivity index (χ0n) is 12.2. The Balaban J connectivity index is 2.26. The standard InChI is InChI=1S/C16H13NO7/c18-9-5-11(13(19)12(6-9)16(23)24)14(20)17-7-8-3-1-2-4-10(8)15(21)22/h1-6,18-19H,7H2,(H,17,20)(H,21,22)(H,23,24). The van der Waals surface area contributed by atoms with E-state index in [0.717, 1.165) is 12.1 Å². The molecule has 1 amide bonds. The van der Waals surface area contributed by atoms with Gasteiger partial charge in [0.1, 0.15) is 17.1 Å². The van der Waals surface area contributed by atoms with E-state index in [9.17, 15) is 24.6 Å². The molecule has 8 heteroatoms. The summed E-state index contributed by atoms with van der Waals surface area (Å²) < 4.78 is 0. The van der Waals surface area contributed by atoms with Gasteiger partial charge in [0.05, 0.1) is 11.1 Å². The number of rotatable bonds is 5. The summed E-state index contributed by atoms with van der Waals surface area (Å²) in [5.74, 6) is -4.81. The fourth-order valence-electron chi connectivity index (χ4n) is 2.11. The van der Waals surface area contributed by atoms with Crippen LogP contribution in [-0.4, -0.2) is 38.3 Å². The predicted octanol–water partition coefficient (Wildman–Crippen LogP) is 1.42. The van der Waals surface area contributed by atoms with Crippen molar-refractivity contribution in [2.24, 2.45) is 0 Å². The zero-order valence-corrected chi connectivity index (χ0v) is 12.2. The number of carbonyl (C=O) groups excluding carboxylic acids is 1. The lowest BCUT2D eigenvalue weighted by Gasteiger charge is -2.10. The molecule has 0 aliphatic heterocycles. The van der Waals surface area contributed by atoms with Crippen LogP contribution in [0, 0.1) is 0 Å². The highest BCUT2D eigenvalue weighted by atomic mass is 16.4. The number of hydrogen-bond donors (Lipinski definition) is 5. The smallest absolute Gasteiger partial charge is 0.339 e. The molecule has 0 bridgehead atoms. The molecule has 8 nitrogen and oxygen atoms in total. The van der Waals surface area contributed by atoms with Crippen LogP contribution in [0.3, 0.4) is 0 Å². The summed E-state index contributed by atoms with van der Waals surface area (Å²) in [6.07, 6.45) is 0. The van der Waals surface area contributed by atoms with Gasteiger partial charge in [0.15, 0.2) is 0 Å². The average Bonchev–Trinajstić information content (AvgIpc) is 2.54. The van der Waals surface area contributed by atoms with E-state index in [2.05, 4.69) is 5.32 Å². The van der Waals surface area contributed by atoms with Crippen molar-refractivity contribution in [1.82, 2.24) is 5.32 Å². The molecule has 2 aromatic carbocycles. The molecule has 0 aliphatic carbocycles. The largest absolute Gasteiger partial charge is 0.508 e. The maximum absolute atomic E-state index is 12.1. The Labute approximate surface area is 135 Å². The van der Waals surface area contributed by atoms with Crippen LogP contribution in [-0.2, 0) is 6.54 Å². The van der Waals surface area contributed by atoms with Gasteiger partial charge in [-0.3, -0.25) is 4.79 Å². The predicted molar refractivity (Wildman–Crippen MR) is 81.3 cm³/mol. The molecular formula is C16H13NO7. The lowest BCUT2D eigenvalue weighted by Crippen LogP contribution is -2.24.